The maximum absolute atomic E-state index is 14.1. The zero-order chi connectivity index (χ0) is 53.7. The Hall–Kier alpha value is -6.74. The number of carbonyl (C=O) groups is 11. The molecular weight excluding hydrogens is 925 g/mol. The Labute approximate surface area is 404 Å². The second kappa shape index (κ2) is 29.3. The van der Waals surface area contributed by atoms with Crippen molar-refractivity contribution in [3.8, 4) is 0 Å². The number of aliphatic carboxylic acids is 2. The molecule has 0 radical (unpaired) electrons. The van der Waals surface area contributed by atoms with Crippen LogP contribution in [0.4, 0.5) is 0 Å². The minimum Gasteiger partial charge on any atom is -0.481 e. The van der Waals surface area contributed by atoms with Gasteiger partial charge in [-0.25, -0.2) is 9.78 Å². The highest BCUT2D eigenvalue weighted by Gasteiger charge is 2.38. The molecule has 27 heteroatoms. The molecule has 70 heavy (non-hydrogen) atoms. The summed E-state index contributed by atoms with van der Waals surface area (Å²) in [6, 6.07) is -13.8. The summed E-state index contributed by atoms with van der Waals surface area (Å²) in [5, 5.41) is 58.8. The number of carbonyl (C=O) groups excluding carboxylic acids is 9. The molecule has 394 valence electrons. The Balaban J connectivity index is 3.49. The maximum atomic E-state index is 14.1. The molecular formula is C43H72N12O15. The summed E-state index contributed by atoms with van der Waals surface area (Å²) in [7, 11) is 0. The summed E-state index contributed by atoms with van der Waals surface area (Å²) in [5.41, 5.74) is 11.3. The zero-order valence-electron chi connectivity index (χ0n) is 40.9. The second-order valence-corrected chi connectivity index (χ2v) is 17.9. The normalized spacial score (nSPS) is 16.4. The van der Waals surface area contributed by atoms with Crippen molar-refractivity contribution in [1.82, 2.24) is 52.5 Å². The van der Waals surface area contributed by atoms with Gasteiger partial charge >= 0.3 is 11.9 Å². The Morgan fingerprint density at radius 3 is 1.50 bits per heavy atom. The molecule has 9 amide bonds. The fraction of sp³-hybridized carbons (Fsp3) is 0.674. The molecule has 1 heterocycles. The fourth-order valence-corrected chi connectivity index (χ4v) is 6.60. The monoisotopic (exact) mass is 997 g/mol. The van der Waals surface area contributed by atoms with E-state index >= 15 is 0 Å². The number of primary amides is 1. The Bertz CT molecular complexity index is 1980. The Kier molecular flexibility index (Phi) is 25.7. The van der Waals surface area contributed by atoms with E-state index in [2.05, 4.69) is 52.5 Å². The van der Waals surface area contributed by atoms with E-state index in [-0.39, 0.29) is 25.2 Å². The van der Waals surface area contributed by atoms with Crippen LogP contribution in [0.1, 0.15) is 100 Å². The van der Waals surface area contributed by atoms with E-state index < -0.39 is 163 Å². The Morgan fingerprint density at radius 1 is 0.600 bits per heavy atom. The highest BCUT2D eigenvalue weighted by molar-refractivity contribution is 5.99. The third-order valence-electron chi connectivity index (χ3n) is 10.8. The summed E-state index contributed by atoms with van der Waals surface area (Å²) in [6.07, 6.45) is -2.57. The minimum atomic E-state index is -1.84. The van der Waals surface area contributed by atoms with Gasteiger partial charge in [0.25, 0.3) is 0 Å². The van der Waals surface area contributed by atoms with Gasteiger partial charge in [-0.15, -0.1) is 0 Å². The third kappa shape index (κ3) is 20.9. The molecule has 1 rings (SSSR count). The van der Waals surface area contributed by atoms with E-state index in [1.165, 1.54) is 19.4 Å². The molecule has 0 saturated carbocycles. The van der Waals surface area contributed by atoms with Crippen LogP contribution in [0.2, 0.25) is 0 Å². The van der Waals surface area contributed by atoms with Crippen molar-refractivity contribution in [1.29, 1.82) is 0 Å². The molecule has 0 saturated heterocycles. The van der Waals surface area contributed by atoms with E-state index in [4.69, 9.17) is 11.5 Å². The maximum Gasteiger partial charge on any atom is 0.326 e. The van der Waals surface area contributed by atoms with Crippen molar-refractivity contribution in [3.05, 3.63) is 18.2 Å². The lowest BCUT2D eigenvalue weighted by Gasteiger charge is -2.30. The second-order valence-electron chi connectivity index (χ2n) is 17.9. The SMILES string of the molecule is CC[C@H](C)[C@H](NC(=O)[C@H](CC(N)=O)NC(=O)[C@@H](NC(=O)[C@@H](NC(=O)[C@H](C)N)[C@@H](C)O)[C@@H](C)O)C(=O)N[C@@H](CC(C)C)C(=O)N[C@@H](CCC(=O)O)C(=O)N[C@@H](Cc1cnc[nH]1)C(=O)N[C@H](C(=O)O)C(C)C. The van der Waals surface area contributed by atoms with Gasteiger partial charge in [-0.1, -0.05) is 48.0 Å². The van der Waals surface area contributed by atoms with Gasteiger partial charge in [0.05, 0.1) is 31.0 Å². The molecule has 1 aromatic heterocycles. The van der Waals surface area contributed by atoms with Crippen LogP contribution in [0.3, 0.4) is 0 Å². The summed E-state index contributed by atoms with van der Waals surface area (Å²) >= 11 is 0. The van der Waals surface area contributed by atoms with Crippen LogP contribution >= 0.6 is 0 Å². The van der Waals surface area contributed by atoms with E-state index in [0.717, 1.165) is 13.8 Å². The van der Waals surface area contributed by atoms with Crippen molar-refractivity contribution >= 4 is 65.1 Å². The lowest BCUT2D eigenvalue weighted by molar-refractivity contribution is -0.143. The van der Waals surface area contributed by atoms with Gasteiger partial charge in [-0.05, 0) is 51.4 Å². The summed E-state index contributed by atoms with van der Waals surface area (Å²) in [5.74, 6) is -13.5. The number of rotatable bonds is 31. The van der Waals surface area contributed by atoms with Gasteiger partial charge in [-0.2, -0.15) is 0 Å². The molecule has 0 aliphatic carbocycles. The number of imidazole rings is 1. The number of aromatic nitrogens is 2. The number of H-pyrrole nitrogens is 1. The number of hydrogen-bond acceptors (Lipinski definition) is 15. The fourth-order valence-electron chi connectivity index (χ4n) is 6.60. The number of nitrogens with zero attached hydrogens (tertiary/aromatic N) is 1. The number of nitrogens with one attached hydrogen (secondary N) is 9. The van der Waals surface area contributed by atoms with Crippen molar-refractivity contribution in [2.75, 3.05) is 0 Å². The number of aliphatic hydroxyl groups excluding tert-OH is 2. The quantitative estimate of drug-likeness (QED) is 0.0333. The first-order valence-electron chi connectivity index (χ1n) is 22.8. The summed E-state index contributed by atoms with van der Waals surface area (Å²) in [6.45, 7) is 13.3. The zero-order valence-corrected chi connectivity index (χ0v) is 40.9. The van der Waals surface area contributed by atoms with Crippen LogP contribution < -0.4 is 54.0 Å². The average Bonchev–Trinajstić information content (AvgIpc) is 3.77. The lowest BCUT2D eigenvalue weighted by atomic mass is 9.96. The number of carboxylic acids is 2. The first kappa shape index (κ1) is 61.3. The number of hydrogen-bond donors (Lipinski definition) is 15. The molecule has 0 aromatic carbocycles. The minimum absolute atomic E-state index is 0.0691. The lowest BCUT2D eigenvalue weighted by Crippen LogP contribution is -2.63. The van der Waals surface area contributed by atoms with Gasteiger partial charge in [0.15, 0.2) is 0 Å². The Morgan fingerprint density at radius 2 is 1.04 bits per heavy atom. The number of amides is 9. The van der Waals surface area contributed by atoms with E-state index in [0.29, 0.717) is 5.69 Å². The third-order valence-corrected chi connectivity index (χ3v) is 10.8. The highest BCUT2D eigenvalue weighted by atomic mass is 16.4. The molecule has 0 unspecified atom stereocenters. The van der Waals surface area contributed by atoms with Gasteiger partial charge in [0, 0.05) is 24.7 Å². The molecule has 0 aliphatic rings. The van der Waals surface area contributed by atoms with E-state index in [1.807, 2.05) is 0 Å². The first-order valence-corrected chi connectivity index (χ1v) is 22.8. The molecule has 27 nitrogen and oxygen atoms in total. The van der Waals surface area contributed by atoms with E-state index in [9.17, 15) is 73.2 Å². The summed E-state index contributed by atoms with van der Waals surface area (Å²) in [4.78, 5) is 151. The van der Waals surface area contributed by atoms with Crippen LogP contribution in [0, 0.1) is 17.8 Å². The first-order chi connectivity index (χ1) is 32.5. The summed E-state index contributed by atoms with van der Waals surface area (Å²) < 4.78 is 0. The van der Waals surface area contributed by atoms with Crippen LogP contribution in [0.5, 0.6) is 0 Å². The number of carboxylic acid groups (broad SMARTS) is 2. The van der Waals surface area contributed by atoms with Crippen LogP contribution in [-0.4, -0.2) is 162 Å². The van der Waals surface area contributed by atoms with Crippen molar-refractivity contribution in [2.24, 2.45) is 29.2 Å². The van der Waals surface area contributed by atoms with Gasteiger partial charge in [0.2, 0.25) is 53.2 Å². The number of aromatic amines is 1. The van der Waals surface area contributed by atoms with Gasteiger partial charge in [0.1, 0.15) is 48.3 Å². The van der Waals surface area contributed by atoms with Crippen molar-refractivity contribution < 1.29 is 73.2 Å². The van der Waals surface area contributed by atoms with Gasteiger partial charge < -0.3 is 79.4 Å². The number of nitrogens with two attached hydrogens (primary N) is 2. The smallest absolute Gasteiger partial charge is 0.326 e. The van der Waals surface area contributed by atoms with Gasteiger partial charge in [-0.3, -0.25) is 47.9 Å². The standard InChI is InChI=1S/C43H72N12O15/c1-10-20(6)32(53-39(65)28(15-29(45)58)51-41(67)33(22(8)56)55-42(68)34(23(9)57)54-35(61)21(7)44)40(66)50-26(13-18(2)3)37(63)48-25(11-12-30(59)60)36(62)49-27(14-24-16-46-17-47-24)38(64)52-31(19(4)5)43(69)70/h16-23,25-28,31-34,56-57H,10-15,44H2,1-9H3,(H2,45,58)(H,46,47)(H,48,63)(H,49,62)(H,50,66)(H,51,67)(H,52,64)(H,53,65)(H,54,61)(H,55,68)(H,59,60)(H,69,70)/t20-,21-,22+,23+,25-,26-,27-,28-,31-,32-,33-,34-/m0/s1. The molecule has 12 atom stereocenters. The molecule has 0 bridgehead atoms. The van der Waals surface area contributed by atoms with Crippen molar-refractivity contribution in [3.63, 3.8) is 0 Å². The topological polar surface area (TPSA) is 446 Å². The highest BCUT2D eigenvalue weighted by Crippen LogP contribution is 2.14. The van der Waals surface area contributed by atoms with Crippen LogP contribution in [0.15, 0.2) is 12.5 Å². The molecule has 0 aliphatic heterocycles. The predicted octanol–water partition coefficient (Wildman–Crippen LogP) is -4.49. The molecule has 0 fully saturated rings. The average molecular weight is 997 g/mol. The largest absolute Gasteiger partial charge is 0.481 e. The van der Waals surface area contributed by atoms with Crippen LogP contribution in [-0.2, 0) is 59.2 Å². The predicted molar refractivity (Wildman–Crippen MR) is 247 cm³/mol. The van der Waals surface area contributed by atoms with Crippen LogP contribution in [0.25, 0.3) is 0 Å². The molecule has 0 spiro atoms. The molecule has 1 aromatic rings. The van der Waals surface area contributed by atoms with Crippen molar-refractivity contribution in [2.45, 2.75) is 167 Å². The molecule has 17 N–H and O–H groups in total. The number of aliphatic hydroxyl groups is 2. The van der Waals surface area contributed by atoms with E-state index in [1.54, 1.807) is 41.5 Å².